The van der Waals surface area contributed by atoms with Crippen LogP contribution in [0.15, 0.2) is 12.5 Å². The predicted octanol–water partition coefficient (Wildman–Crippen LogP) is -1.05. The summed E-state index contributed by atoms with van der Waals surface area (Å²) >= 11 is 0. The summed E-state index contributed by atoms with van der Waals surface area (Å²) < 4.78 is 26.3. The Hall–Kier alpha value is -0.750. The summed E-state index contributed by atoms with van der Waals surface area (Å²) in [7, 11) is -3.58. The molecule has 9 heavy (non-hydrogen) atoms. The minimum Gasteiger partial charge on any atom is -0.478 e. The highest BCUT2D eigenvalue weighted by Crippen LogP contribution is 2.02. The van der Waals surface area contributed by atoms with Crippen molar-refractivity contribution >= 4 is 10.2 Å². The first-order valence-corrected chi connectivity index (χ1v) is 3.69. The van der Waals surface area contributed by atoms with E-state index in [0.29, 0.717) is 0 Å². The molecular weight excluding hydrogens is 144 g/mol. The molecule has 0 atom stereocenters. The summed E-state index contributed by atoms with van der Waals surface area (Å²) in [5.41, 5.74) is 0. The van der Waals surface area contributed by atoms with Crippen molar-refractivity contribution < 1.29 is 13.2 Å². The number of nitrogens with zero attached hydrogens (tertiary/aromatic N) is 1. The van der Waals surface area contributed by atoms with Crippen LogP contribution in [0.1, 0.15) is 0 Å². The van der Waals surface area contributed by atoms with E-state index < -0.39 is 10.2 Å². The Morgan fingerprint density at radius 3 is 2.56 bits per heavy atom. The summed E-state index contributed by atoms with van der Waals surface area (Å²) in [5, 5.41) is 4.71. The average molecular weight is 150 g/mol. The van der Waals surface area contributed by atoms with Crippen LogP contribution in [0.4, 0.5) is 0 Å². The van der Waals surface area contributed by atoms with Gasteiger partial charge in [0.2, 0.25) is 0 Å². The molecule has 0 unspecified atom stereocenters. The molecule has 0 amide bonds. The highest BCUT2D eigenvalue weighted by atomic mass is 32.2. The van der Waals surface area contributed by atoms with E-state index in [4.69, 9.17) is 5.14 Å². The third-order valence-electron chi connectivity index (χ3n) is 0.852. The fourth-order valence-electron chi connectivity index (χ4n) is 0.429. The van der Waals surface area contributed by atoms with Gasteiger partial charge in [-0.3, -0.25) is 0 Å². The van der Waals surface area contributed by atoms with Crippen LogP contribution in [0.3, 0.4) is 0 Å². The van der Waals surface area contributed by atoms with Gasteiger partial charge in [-0.2, -0.15) is 8.42 Å². The lowest BCUT2D eigenvalue weighted by Gasteiger charge is -2.08. The Balaban J connectivity index is 2.76. The van der Waals surface area contributed by atoms with E-state index in [1.54, 1.807) is 0 Å². The highest BCUT2D eigenvalue weighted by molar-refractivity contribution is 7.86. The highest BCUT2D eigenvalue weighted by Gasteiger charge is 2.15. The van der Waals surface area contributed by atoms with Gasteiger partial charge in [0.15, 0.2) is 6.73 Å². The van der Waals surface area contributed by atoms with Crippen molar-refractivity contribution in [3.8, 4) is 0 Å². The van der Waals surface area contributed by atoms with E-state index in [-0.39, 0.29) is 6.73 Å². The molecular formula is C3H6N2O3S. The number of nitrogens with two attached hydrogens (primary N) is 1. The van der Waals surface area contributed by atoms with E-state index in [1.807, 2.05) is 0 Å². The van der Waals surface area contributed by atoms with Gasteiger partial charge in [0, 0.05) is 0 Å². The van der Waals surface area contributed by atoms with Crippen molar-refractivity contribution in [3.05, 3.63) is 12.5 Å². The molecule has 1 rings (SSSR count). The standard InChI is InChI=1S/C3H6N2O3S/c4-9(6,7)5-1-2-8-3-5/h1-2H,3H2,(H2,4,6,7). The zero-order valence-corrected chi connectivity index (χ0v) is 5.34. The summed E-state index contributed by atoms with van der Waals surface area (Å²) in [4.78, 5) is 0. The molecule has 1 heterocycles. The van der Waals surface area contributed by atoms with Crippen molar-refractivity contribution in [1.82, 2.24) is 4.31 Å². The SMILES string of the molecule is NS(=O)(=O)N1C=COC1. The first-order valence-electron chi connectivity index (χ1n) is 2.18. The second-order valence-corrected chi connectivity index (χ2v) is 3.01. The quantitative estimate of drug-likeness (QED) is 0.518. The lowest BCUT2D eigenvalue weighted by atomic mass is 11.0. The molecule has 0 aromatic carbocycles. The first kappa shape index (κ1) is 6.37. The van der Waals surface area contributed by atoms with Crippen LogP contribution in [0, 0.1) is 0 Å². The number of ether oxygens (including phenoxy) is 1. The Morgan fingerprint density at radius 1 is 1.67 bits per heavy atom. The normalized spacial score (nSPS) is 18.1. The monoisotopic (exact) mass is 150 g/mol. The van der Waals surface area contributed by atoms with Gasteiger partial charge in [0.25, 0.3) is 0 Å². The minimum absolute atomic E-state index is 0.0150. The number of rotatable bonds is 1. The summed E-state index contributed by atoms with van der Waals surface area (Å²) in [6.45, 7) is -0.0150. The maximum Gasteiger partial charge on any atom is 0.301 e. The number of hydrogen-bond acceptors (Lipinski definition) is 3. The van der Waals surface area contributed by atoms with E-state index in [0.717, 1.165) is 4.31 Å². The second-order valence-electron chi connectivity index (χ2n) is 1.51. The van der Waals surface area contributed by atoms with Gasteiger partial charge in [-0.05, 0) is 0 Å². The minimum atomic E-state index is -3.58. The molecule has 0 spiro atoms. The van der Waals surface area contributed by atoms with Crippen LogP contribution in [0.25, 0.3) is 0 Å². The maximum absolute atomic E-state index is 10.4. The molecule has 5 nitrogen and oxygen atoms in total. The van der Waals surface area contributed by atoms with Crippen LogP contribution in [0.5, 0.6) is 0 Å². The summed E-state index contributed by atoms with van der Waals surface area (Å²) in [6.07, 6.45) is 2.53. The van der Waals surface area contributed by atoms with Gasteiger partial charge in [0.1, 0.15) is 6.26 Å². The fraction of sp³-hybridized carbons (Fsp3) is 0.333. The molecule has 1 aliphatic heterocycles. The van der Waals surface area contributed by atoms with Crippen molar-refractivity contribution in [2.75, 3.05) is 6.73 Å². The molecule has 0 fully saturated rings. The lowest BCUT2D eigenvalue weighted by molar-refractivity contribution is 0.221. The van der Waals surface area contributed by atoms with E-state index >= 15 is 0 Å². The zero-order chi connectivity index (χ0) is 6.91. The second kappa shape index (κ2) is 1.89. The van der Waals surface area contributed by atoms with Crippen LogP contribution in [0.2, 0.25) is 0 Å². The van der Waals surface area contributed by atoms with Crippen LogP contribution in [-0.4, -0.2) is 19.5 Å². The van der Waals surface area contributed by atoms with Gasteiger partial charge in [-0.15, -0.1) is 0 Å². The Bertz CT molecular complexity index is 219. The van der Waals surface area contributed by atoms with E-state index in [9.17, 15) is 8.42 Å². The molecule has 6 heteroatoms. The van der Waals surface area contributed by atoms with Crippen molar-refractivity contribution in [1.29, 1.82) is 0 Å². The zero-order valence-electron chi connectivity index (χ0n) is 4.52. The van der Waals surface area contributed by atoms with Crippen LogP contribution in [-0.2, 0) is 14.9 Å². The number of hydrogen-bond donors (Lipinski definition) is 1. The van der Waals surface area contributed by atoms with Gasteiger partial charge in [-0.25, -0.2) is 9.44 Å². The van der Waals surface area contributed by atoms with Crippen LogP contribution >= 0.6 is 0 Å². The average Bonchev–Trinajstić information content (AvgIpc) is 2.08. The topological polar surface area (TPSA) is 72.6 Å². The van der Waals surface area contributed by atoms with Crippen molar-refractivity contribution in [2.24, 2.45) is 5.14 Å². The molecule has 0 bridgehead atoms. The smallest absolute Gasteiger partial charge is 0.301 e. The molecule has 0 aromatic heterocycles. The molecule has 0 saturated heterocycles. The Labute approximate surface area is 52.9 Å². The Morgan fingerprint density at radius 2 is 2.33 bits per heavy atom. The largest absolute Gasteiger partial charge is 0.478 e. The maximum atomic E-state index is 10.4. The molecule has 0 aromatic rings. The first-order chi connectivity index (χ1) is 4.11. The van der Waals surface area contributed by atoms with Gasteiger partial charge < -0.3 is 4.74 Å². The van der Waals surface area contributed by atoms with E-state index in [2.05, 4.69) is 4.74 Å². The van der Waals surface area contributed by atoms with E-state index in [1.165, 1.54) is 12.5 Å². The van der Waals surface area contributed by atoms with Crippen molar-refractivity contribution in [2.45, 2.75) is 0 Å². The predicted molar refractivity (Wildman–Crippen MR) is 30.0 cm³/mol. The van der Waals surface area contributed by atoms with Crippen LogP contribution < -0.4 is 5.14 Å². The third-order valence-corrected chi connectivity index (χ3v) is 1.73. The lowest BCUT2D eigenvalue weighted by Crippen LogP contribution is -2.31. The van der Waals surface area contributed by atoms with Gasteiger partial charge >= 0.3 is 10.2 Å². The summed E-state index contributed by atoms with van der Waals surface area (Å²) in [6, 6.07) is 0. The molecule has 0 saturated carbocycles. The molecule has 0 radical (unpaired) electrons. The van der Waals surface area contributed by atoms with Gasteiger partial charge in [-0.1, -0.05) is 0 Å². The molecule has 0 aliphatic carbocycles. The molecule has 2 N–H and O–H groups in total. The Kier molecular flexibility index (Phi) is 1.34. The van der Waals surface area contributed by atoms with Crippen molar-refractivity contribution in [3.63, 3.8) is 0 Å². The molecule has 1 aliphatic rings. The summed E-state index contributed by atoms with van der Waals surface area (Å²) in [5.74, 6) is 0. The van der Waals surface area contributed by atoms with Gasteiger partial charge in [0.05, 0.1) is 6.20 Å². The third kappa shape index (κ3) is 1.33. The molecule has 52 valence electrons. The fourth-order valence-corrected chi connectivity index (χ4v) is 0.856.